The average Bonchev–Trinajstić information content (AvgIpc) is 3.32. The van der Waals surface area contributed by atoms with Crippen LogP contribution in [-0.4, -0.2) is 47.4 Å². The van der Waals surface area contributed by atoms with Crippen LogP contribution in [0.2, 0.25) is 0 Å². The third-order valence-corrected chi connectivity index (χ3v) is 5.02. The van der Waals surface area contributed by atoms with Gasteiger partial charge in [-0.05, 0) is 30.7 Å². The molecule has 0 aliphatic carbocycles. The summed E-state index contributed by atoms with van der Waals surface area (Å²) in [4.78, 5) is 15.6. The predicted molar refractivity (Wildman–Crippen MR) is 106 cm³/mol. The number of allylic oxidation sites excluding steroid dienone is 1. The molecule has 0 saturated carbocycles. The average molecular weight is 441 g/mol. The largest absolute Gasteiger partial charge is 0.497 e. The number of methoxy groups -OCH3 is 1. The van der Waals surface area contributed by atoms with Crippen LogP contribution >= 0.6 is 11.3 Å². The molecular weight excluding hydrogens is 423 g/mol. The summed E-state index contributed by atoms with van der Waals surface area (Å²) in [5.74, 6) is -0.123. The van der Waals surface area contributed by atoms with Crippen molar-refractivity contribution in [2.45, 2.75) is 25.2 Å². The van der Waals surface area contributed by atoms with Crippen molar-refractivity contribution in [2.24, 2.45) is 5.10 Å². The van der Waals surface area contributed by atoms with Gasteiger partial charge in [0.1, 0.15) is 5.75 Å². The number of anilines is 1. The Kier molecular flexibility index (Phi) is 6.13. The predicted octanol–water partition coefficient (Wildman–Crippen LogP) is 3.86. The number of aromatic nitrogens is 1. The summed E-state index contributed by atoms with van der Waals surface area (Å²) in [5.41, 5.74) is -2.72. The molecule has 0 fully saturated rings. The van der Waals surface area contributed by atoms with Crippen molar-refractivity contribution < 1.29 is 32.5 Å². The number of rotatable bonds is 6. The third-order valence-electron chi connectivity index (χ3n) is 4.20. The Bertz CT molecular complexity index is 972. The quantitative estimate of drug-likeness (QED) is 0.686. The minimum atomic E-state index is -5.01. The SMILES string of the molecule is CCOC(=O)c1csc(N2N=C(/C=C/c3ccc(OC)cc3)CC2(O)C(F)(F)F)n1. The first-order valence-electron chi connectivity index (χ1n) is 8.79. The molecule has 30 heavy (non-hydrogen) atoms. The topological polar surface area (TPSA) is 84.2 Å². The molecule has 0 amide bonds. The van der Waals surface area contributed by atoms with Crippen LogP contribution in [0, 0.1) is 0 Å². The van der Waals surface area contributed by atoms with Gasteiger partial charge >= 0.3 is 12.1 Å². The Morgan fingerprint density at radius 2 is 2.03 bits per heavy atom. The van der Waals surface area contributed by atoms with E-state index in [4.69, 9.17) is 9.47 Å². The van der Waals surface area contributed by atoms with Gasteiger partial charge in [0.15, 0.2) is 5.69 Å². The van der Waals surface area contributed by atoms with Crippen LogP contribution in [0.3, 0.4) is 0 Å². The lowest BCUT2D eigenvalue weighted by Gasteiger charge is -2.32. The van der Waals surface area contributed by atoms with Crippen molar-refractivity contribution in [3.05, 3.63) is 47.0 Å². The summed E-state index contributed by atoms with van der Waals surface area (Å²) in [6.45, 7) is 1.69. The number of halogens is 3. The Labute approximate surface area is 174 Å². The highest BCUT2D eigenvalue weighted by molar-refractivity contribution is 7.14. The number of carbonyl (C=O) groups is 1. The molecule has 3 rings (SSSR count). The molecule has 2 heterocycles. The van der Waals surface area contributed by atoms with Gasteiger partial charge in [0, 0.05) is 5.38 Å². The molecule has 1 aliphatic rings. The van der Waals surface area contributed by atoms with Gasteiger partial charge in [0.05, 0.1) is 25.8 Å². The zero-order chi connectivity index (χ0) is 21.9. The van der Waals surface area contributed by atoms with Crippen molar-refractivity contribution in [2.75, 3.05) is 18.7 Å². The smallest absolute Gasteiger partial charge is 0.438 e. The number of nitrogens with zero attached hydrogens (tertiary/aromatic N) is 3. The lowest BCUT2D eigenvalue weighted by Crippen LogP contribution is -2.55. The van der Waals surface area contributed by atoms with E-state index in [0.717, 1.165) is 11.3 Å². The monoisotopic (exact) mass is 441 g/mol. The first kappa shape index (κ1) is 21.8. The molecule has 160 valence electrons. The maximum absolute atomic E-state index is 13.7. The Morgan fingerprint density at radius 3 is 2.63 bits per heavy atom. The molecule has 7 nitrogen and oxygen atoms in total. The standard InChI is InChI=1S/C19H18F3N3O4S/c1-3-29-16(26)15-11-30-17(23-15)25-18(27,19(20,21)22)10-13(24-25)7-4-12-5-8-14(28-2)9-6-12/h4-9,11,27H,3,10H2,1-2H3/b7-4+. The van der Waals surface area contributed by atoms with E-state index in [1.54, 1.807) is 37.3 Å². The maximum atomic E-state index is 13.7. The van der Waals surface area contributed by atoms with Crippen LogP contribution < -0.4 is 9.75 Å². The molecule has 1 unspecified atom stereocenters. The molecular formula is C19H18F3N3O4S. The van der Waals surface area contributed by atoms with Gasteiger partial charge in [-0.25, -0.2) is 9.78 Å². The van der Waals surface area contributed by atoms with Gasteiger partial charge in [0.2, 0.25) is 5.13 Å². The van der Waals surface area contributed by atoms with Crippen LogP contribution in [-0.2, 0) is 4.74 Å². The lowest BCUT2D eigenvalue weighted by molar-refractivity contribution is -0.254. The number of ether oxygens (including phenoxy) is 2. The number of carbonyl (C=O) groups excluding carboxylic acids is 1. The number of hydrogen-bond acceptors (Lipinski definition) is 8. The summed E-state index contributed by atoms with van der Waals surface area (Å²) in [6.07, 6.45) is -2.84. The molecule has 1 atom stereocenters. The Morgan fingerprint density at radius 1 is 1.33 bits per heavy atom. The normalized spacial score (nSPS) is 19.3. The second kappa shape index (κ2) is 8.44. The fourth-order valence-corrected chi connectivity index (χ4v) is 3.46. The number of hydrogen-bond donors (Lipinski definition) is 1. The van der Waals surface area contributed by atoms with Crippen molar-refractivity contribution in [3.8, 4) is 5.75 Å². The molecule has 2 aromatic rings. The minimum Gasteiger partial charge on any atom is -0.497 e. The molecule has 0 saturated heterocycles. The second-order valence-electron chi connectivity index (χ2n) is 6.24. The fraction of sp³-hybridized carbons (Fsp3) is 0.316. The van der Waals surface area contributed by atoms with Crippen LogP contribution in [0.1, 0.15) is 29.4 Å². The van der Waals surface area contributed by atoms with Gasteiger partial charge < -0.3 is 14.6 Å². The summed E-state index contributed by atoms with van der Waals surface area (Å²) in [5, 5.41) is 15.7. The zero-order valence-electron chi connectivity index (χ0n) is 16.0. The molecule has 11 heteroatoms. The number of alkyl halides is 3. The zero-order valence-corrected chi connectivity index (χ0v) is 16.8. The van der Waals surface area contributed by atoms with Gasteiger partial charge in [-0.1, -0.05) is 18.2 Å². The Hall–Kier alpha value is -2.92. The first-order chi connectivity index (χ1) is 14.2. The molecule has 0 radical (unpaired) electrons. The van der Waals surface area contributed by atoms with Gasteiger partial charge in [-0.2, -0.15) is 23.3 Å². The van der Waals surface area contributed by atoms with Crippen molar-refractivity contribution in [1.29, 1.82) is 0 Å². The third kappa shape index (κ3) is 4.31. The summed E-state index contributed by atoms with van der Waals surface area (Å²) >= 11 is 0.749. The molecule has 1 N–H and O–H groups in total. The number of aliphatic hydroxyl groups is 1. The van der Waals surface area contributed by atoms with Crippen LogP contribution in [0.15, 0.2) is 40.8 Å². The van der Waals surface area contributed by atoms with Gasteiger partial charge in [0.25, 0.3) is 5.72 Å². The van der Waals surface area contributed by atoms with Crippen molar-refractivity contribution in [3.63, 3.8) is 0 Å². The molecule has 0 bridgehead atoms. The van der Waals surface area contributed by atoms with Crippen molar-refractivity contribution in [1.82, 2.24) is 4.98 Å². The van der Waals surface area contributed by atoms with Gasteiger partial charge in [-0.15, -0.1) is 11.3 Å². The van der Waals surface area contributed by atoms with Crippen LogP contribution in [0.4, 0.5) is 18.3 Å². The van der Waals surface area contributed by atoms with Crippen molar-refractivity contribution >= 4 is 34.2 Å². The van der Waals surface area contributed by atoms with Crippen LogP contribution in [0.25, 0.3) is 6.08 Å². The molecule has 1 aromatic carbocycles. The van der Waals surface area contributed by atoms with E-state index >= 15 is 0 Å². The highest BCUT2D eigenvalue weighted by Crippen LogP contribution is 2.43. The van der Waals surface area contributed by atoms with Crippen LogP contribution in [0.5, 0.6) is 5.75 Å². The summed E-state index contributed by atoms with van der Waals surface area (Å²) < 4.78 is 50.9. The number of esters is 1. The van der Waals surface area contributed by atoms with E-state index in [1.165, 1.54) is 18.6 Å². The highest BCUT2D eigenvalue weighted by Gasteiger charge is 2.62. The number of benzene rings is 1. The molecule has 1 aliphatic heterocycles. The second-order valence-corrected chi connectivity index (χ2v) is 7.07. The first-order valence-corrected chi connectivity index (χ1v) is 9.67. The van der Waals surface area contributed by atoms with E-state index in [-0.39, 0.29) is 23.1 Å². The Balaban J connectivity index is 1.89. The molecule has 1 aromatic heterocycles. The lowest BCUT2D eigenvalue weighted by atomic mass is 10.1. The maximum Gasteiger partial charge on any atom is 0.438 e. The van der Waals surface area contributed by atoms with E-state index in [1.807, 2.05) is 0 Å². The van der Waals surface area contributed by atoms with E-state index in [9.17, 15) is 23.1 Å². The van der Waals surface area contributed by atoms with E-state index < -0.39 is 24.3 Å². The molecule has 0 spiro atoms. The minimum absolute atomic E-state index is 0.00136. The fourth-order valence-electron chi connectivity index (χ4n) is 2.66. The number of hydrazone groups is 1. The summed E-state index contributed by atoms with van der Waals surface area (Å²) in [6, 6.07) is 6.87. The van der Waals surface area contributed by atoms with Gasteiger partial charge in [-0.3, -0.25) is 0 Å². The highest BCUT2D eigenvalue weighted by atomic mass is 32.1. The van der Waals surface area contributed by atoms with E-state index in [0.29, 0.717) is 16.3 Å². The summed E-state index contributed by atoms with van der Waals surface area (Å²) in [7, 11) is 1.52. The number of thiazole rings is 1. The van der Waals surface area contributed by atoms with E-state index in [2.05, 4.69) is 10.1 Å².